The Hall–Kier alpha value is -3.67. The lowest BCUT2D eigenvalue weighted by Crippen LogP contribution is -2.34. The van der Waals surface area contributed by atoms with Gasteiger partial charge in [-0.05, 0) is 42.3 Å². The zero-order valence-corrected chi connectivity index (χ0v) is 16.9. The summed E-state index contributed by atoms with van der Waals surface area (Å²) in [5.41, 5.74) is 5.51. The maximum absolute atomic E-state index is 5.95. The van der Waals surface area contributed by atoms with E-state index in [2.05, 4.69) is 50.6 Å². The van der Waals surface area contributed by atoms with E-state index in [-0.39, 0.29) is 0 Å². The molecular weight excluding hydrogens is 376 g/mol. The Morgan fingerprint density at radius 3 is 2.90 bits per heavy atom. The predicted octanol–water partition coefficient (Wildman–Crippen LogP) is 4.76. The van der Waals surface area contributed by atoms with Gasteiger partial charge in [0, 0.05) is 48.0 Å². The molecule has 0 spiro atoms. The summed E-state index contributed by atoms with van der Waals surface area (Å²) < 4.78 is 11.4. The first-order valence-corrected chi connectivity index (χ1v) is 10.1. The van der Waals surface area contributed by atoms with E-state index in [9.17, 15) is 0 Å². The highest BCUT2D eigenvalue weighted by molar-refractivity contribution is 5.88. The fraction of sp³-hybridized carbons (Fsp3) is 0.208. The molecule has 6 nitrogen and oxygen atoms in total. The van der Waals surface area contributed by atoms with Crippen molar-refractivity contribution in [2.24, 2.45) is 0 Å². The summed E-state index contributed by atoms with van der Waals surface area (Å²) in [6, 6.07) is 16.4. The molecule has 0 saturated heterocycles. The zero-order valence-electron chi connectivity index (χ0n) is 16.9. The number of hydrogen-bond donors (Lipinski definition) is 2. The van der Waals surface area contributed by atoms with Crippen molar-refractivity contribution < 1.29 is 9.47 Å². The van der Waals surface area contributed by atoms with Crippen LogP contribution in [0.1, 0.15) is 5.56 Å². The number of nitrogens with zero attached hydrogens (tertiary/aromatic N) is 2. The molecule has 0 fully saturated rings. The Balaban J connectivity index is 1.33. The van der Waals surface area contributed by atoms with Crippen LogP contribution in [0.3, 0.4) is 0 Å². The Morgan fingerprint density at radius 2 is 2.03 bits per heavy atom. The molecule has 2 aromatic carbocycles. The van der Waals surface area contributed by atoms with Gasteiger partial charge in [0.25, 0.3) is 0 Å². The van der Waals surface area contributed by atoms with Gasteiger partial charge < -0.3 is 24.7 Å². The Bertz CT molecular complexity index is 1160. The topological polar surface area (TPSA) is 62.4 Å². The zero-order chi connectivity index (χ0) is 20.3. The summed E-state index contributed by atoms with van der Waals surface area (Å²) >= 11 is 0. The van der Waals surface area contributed by atoms with Gasteiger partial charge in [-0.2, -0.15) is 0 Å². The highest BCUT2D eigenvalue weighted by atomic mass is 16.5. The van der Waals surface area contributed by atoms with Crippen LogP contribution in [0.4, 0.5) is 17.1 Å². The van der Waals surface area contributed by atoms with Gasteiger partial charge >= 0.3 is 0 Å². The maximum Gasteiger partial charge on any atom is 0.144 e. The van der Waals surface area contributed by atoms with Crippen LogP contribution in [-0.4, -0.2) is 36.8 Å². The molecule has 1 aliphatic rings. The second-order valence-electron chi connectivity index (χ2n) is 7.33. The lowest BCUT2D eigenvalue weighted by molar-refractivity contribution is 0.308. The number of H-pyrrole nitrogens is 1. The van der Waals surface area contributed by atoms with Crippen LogP contribution in [0.5, 0.6) is 11.5 Å². The summed E-state index contributed by atoms with van der Waals surface area (Å²) in [7, 11) is 1.71. The molecule has 3 heterocycles. The minimum atomic E-state index is 0.688. The average Bonchev–Trinajstić information content (AvgIpc) is 3.21. The van der Waals surface area contributed by atoms with E-state index in [4.69, 9.17) is 9.47 Å². The molecule has 2 N–H and O–H groups in total. The number of anilines is 3. The van der Waals surface area contributed by atoms with Crippen LogP contribution in [0, 0.1) is 0 Å². The van der Waals surface area contributed by atoms with Gasteiger partial charge in [-0.1, -0.05) is 12.1 Å². The van der Waals surface area contributed by atoms with Crippen LogP contribution in [0.2, 0.25) is 0 Å². The lowest BCUT2D eigenvalue weighted by Gasteiger charge is -2.31. The minimum Gasteiger partial charge on any atom is -0.495 e. The molecular formula is C24H24N4O2. The summed E-state index contributed by atoms with van der Waals surface area (Å²) in [5, 5.41) is 4.62. The maximum atomic E-state index is 5.95. The molecule has 5 rings (SSSR count). The molecule has 0 atom stereocenters. The van der Waals surface area contributed by atoms with Crippen molar-refractivity contribution in [1.82, 2.24) is 9.97 Å². The van der Waals surface area contributed by atoms with Crippen molar-refractivity contribution in [2.75, 3.05) is 37.0 Å². The van der Waals surface area contributed by atoms with Gasteiger partial charge in [-0.3, -0.25) is 4.98 Å². The molecule has 4 aromatic rings. The first-order chi connectivity index (χ1) is 14.8. The van der Waals surface area contributed by atoms with Gasteiger partial charge in [-0.25, -0.2) is 0 Å². The smallest absolute Gasteiger partial charge is 0.144 e. The van der Waals surface area contributed by atoms with Crippen molar-refractivity contribution in [1.29, 1.82) is 0 Å². The third kappa shape index (κ3) is 3.52. The van der Waals surface area contributed by atoms with Gasteiger partial charge in [0.1, 0.15) is 18.1 Å². The third-order valence-corrected chi connectivity index (χ3v) is 5.52. The Labute approximate surface area is 175 Å². The summed E-state index contributed by atoms with van der Waals surface area (Å²) in [4.78, 5) is 9.82. The molecule has 2 aromatic heterocycles. The van der Waals surface area contributed by atoms with Crippen LogP contribution in [0.15, 0.2) is 67.1 Å². The summed E-state index contributed by atoms with van der Waals surface area (Å²) in [5.74, 6) is 1.80. The fourth-order valence-corrected chi connectivity index (χ4v) is 4.01. The number of nitrogens with one attached hydrogen (secondary N) is 2. The van der Waals surface area contributed by atoms with Gasteiger partial charge in [0.05, 0.1) is 24.9 Å². The molecule has 0 amide bonds. The SMILES string of the molecule is COc1cccc2c(CCN3CCOc4cc(Nc5ccncc5)ccc43)c[nH]c12. The second-order valence-corrected chi connectivity index (χ2v) is 7.33. The molecule has 152 valence electrons. The van der Waals surface area contributed by atoms with Gasteiger partial charge in [0.15, 0.2) is 0 Å². The standard InChI is InChI=1S/C24H24N4O2/c1-29-22-4-2-3-20-17(16-26-24(20)22)9-12-28-13-14-30-23-15-19(5-6-21(23)28)27-18-7-10-25-11-8-18/h2-8,10-11,15-16,26H,9,12-14H2,1H3,(H,25,27). The van der Waals surface area contributed by atoms with E-state index in [1.165, 1.54) is 10.9 Å². The van der Waals surface area contributed by atoms with Crippen molar-refractivity contribution in [3.05, 3.63) is 72.7 Å². The number of hydrogen-bond acceptors (Lipinski definition) is 5. The van der Waals surface area contributed by atoms with Gasteiger partial charge in [-0.15, -0.1) is 0 Å². The lowest BCUT2D eigenvalue weighted by atomic mass is 10.1. The molecule has 6 heteroatoms. The number of pyridine rings is 1. The highest BCUT2D eigenvalue weighted by Gasteiger charge is 2.19. The third-order valence-electron chi connectivity index (χ3n) is 5.52. The number of benzene rings is 2. The van der Waals surface area contributed by atoms with Crippen molar-refractivity contribution in [3.63, 3.8) is 0 Å². The molecule has 0 saturated carbocycles. The average molecular weight is 400 g/mol. The number of rotatable bonds is 6. The molecule has 0 unspecified atom stereocenters. The van der Waals surface area contributed by atoms with Crippen molar-refractivity contribution >= 4 is 28.0 Å². The first kappa shape index (κ1) is 18.4. The molecule has 0 aliphatic carbocycles. The van der Waals surface area contributed by atoms with Crippen molar-refractivity contribution in [2.45, 2.75) is 6.42 Å². The largest absolute Gasteiger partial charge is 0.495 e. The number of methoxy groups -OCH3 is 1. The summed E-state index contributed by atoms with van der Waals surface area (Å²) in [6.45, 7) is 2.50. The van der Waals surface area contributed by atoms with E-state index in [0.29, 0.717) is 6.61 Å². The highest BCUT2D eigenvalue weighted by Crippen LogP contribution is 2.35. The van der Waals surface area contributed by atoms with E-state index in [0.717, 1.165) is 53.6 Å². The van der Waals surface area contributed by atoms with Gasteiger partial charge in [0.2, 0.25) is 0 Å². The number of aromatic amines is 1. The molecule has 30 heavy (non-hydrogen) atoms. The molecule has 0 bridgehead atoms. The number of para-hydroxylation sites is 1. The van der Waals surface area contributed by atoms with E-state index in [1.54, 1.807) is 19.5 Å². The predicted molar refractivity (Wildman–Crippen MR) is 120 cm³/mol. The normalized spacial score (nSPS) is 13.0. The van der Waals surface area contributed by atoms with Crippen LogP contribution in [-0.2, 0) is 6.42 Å². The van der Waals surface area contributed by atoms with E-state index < -0.39 is 0 Å². The minimum absolute atomic E-state index is 0.688. The second kappa shape index (κ2) is 7.99. The number of fused-ring (bicyclic) bond motifs is 2. The summed E-state index contributed by atoms with van der Waals surface area (Å²) in [6.07, 6.45) is 6.60. The first-order valence-electron chi connectivity index (χ1n) is 10.1. The number of aromatic nitrogens is 2. The fourth-order valence-electron chi connectivity index (χ4n) is 4.01. The van der Waals surface area contributed by atoms with Crippen LogP contribution >= 0.6 is 0 Å². The quantitative estimate of drug-likeness (QED) is 0.489. The van der Waals surface area contributed by atoms with Crippen LogP contribution in [0.25, 0.3) is 10.9 Å². The van der Waals surface area contributed by atoms with Crippen molar-refractivity contribution in [3.8, 4) is 11.5 Å². The van der Waals surface area contributed by atoms with E-state index >= 15 is 0 Å². The monoisotopic (exact) mass is 400 g/mol. The Kier molecular flexibility index (Phi) is 4.89. The molecule has 0 radical (unpaired) electrons. The number of ether oxygens (including phenoxy) is 2. The van der Waals surface area contributed by atoms with E-state index in [1.807, 2.05) is 24.3 Å². The Morgan fingerprint density at radius 1 is 1.13 bits per heavy atom. The molecule has 1 aliphatic heterocycles. The van der Waals surface area contributed by atoms with Crippen LogP contribution < -0.4 is 19.7 Å².